The molecule has 0 aromatic rings. The standard InChI is InChI=1S/C6H18OSi2/c1-9(2,3)7-5-4-6-8/h4-6H2,1-3,8H3. The average Bonchev–Trinajstić information content (AvgIpc) is 1.63. The summed E-state index contributed by atoms with van der Waals surface area (Å²) in [6.45, 7) is 7.71. The molecule has 0 fully saturated rings. The van der Waals surface area contributed by atoms with Crippen LogP contribution in [0.3, 0.4) is 0 Å². The van der Waals surface area contributed by atoms with Crippen molar-refractivity contribution in [2.75, 3.05) is 6.61 Å². The third kappa shape index (κ3) is 8.39. The second kappa shape index (κ2) is 4.25. The van der Waals surface area contributed by atoms with Crippen molar-refractivity contribution in [3.63, 3.8) is 0 Å². The van der Waals surface area contributed by atoms with Crippen molar-refractivity contribution in [1.29, 1.82) is 0 Å². The molecule has 0 rings (SSSR count). The van der Waals surface area contributed by atoms with Gasteiger partial charge in [0, 0.05) is 16.8 Å². The normalized spacial score (nSPS) is 12.3. The maximum absolute atomic E-state index is 5.63. The van der Waals surface area contributed by atoms with Crippen molar-refractivity contribution in [3.8, 4) is 0 Å². The Kier molecular flexibility index (Phi) is 4.43. The first-order valence-electron chi connectivity index (χ1n) is 3.70. The van der Waals surface area contributed by atoms with Crippen molar-refractivity contribution < 1.29 is 4.43 Å². The molecular weight excluding hydrogens is 144 g/mol. The van der Waals surface area contributed by atoms with Gasteiger partial charge >= 0.3 is 0 Å². The largest absolute Gasteiger partial charge is 0.418 e. The van der Waals surface area contributed by atoms with Gasteiger partial charge in [-0.05, 0) is 26.1 Å². The van der Waals surface area contributed by atoms with Crippen LogP contribution < -0.4 is 0 Å². The van der Waals surface area contributed by atoms with Crippen LogP contribution in [0.1, 0.15) is 6.42 Å². The predicted octanol–water partition coefficient (Wildman–Crippen LogP) is 1.01. The highest BCUT2D eigenvalue weighted by atomic mass is 28.4. The van der Waals surface area contributed by atoms with E-state index in [1.165, 1.54) is 22.7 Å². The Hall–Kier alpha value is 0.394. The Morgan fingerprint density at radius 3 is 2.22 bits per heavy atom. The van der Waals surface area contributed by atoms with Gasteiger partial charge in [-0.25, -0.2) is 0 Å². The fraction of sp³-hybridized carbons (Fsp3) is 1.00. The molecule has 0 aliphatic carbocycles. The summed E-state index contributed by atoms with van der Waals surface area (Å²) < 4.78 is 5.63. The molecule has 3 heteroatoms. The van der Waals surface area contributed by atoms with Crippen LogP contribution in [0.25, 0.3) is 0 Å². The molecule has 0 spiro atoms. The molecule has 0 unspecified atom stereocenters. The van der Waals surface area contributed by atoms with E-state index in [9.17, 15) is 0 Å². The van der Waals surface area contributed by atoms with Gasteiger partial charge in [-0.2, -0.15) is 0 Å². The summed E-state index contributed by atoms with van der Waals surface area (Å²) in [5.41, 5.74) is 0. The van der Waals surface area contributed by atoms with E-state index in [0.29, 0.717) is 0 Å². The van der Waals surface area contributed by atoms with Crippen LogP contribution in [0.15, 0.2) is 0 Å². The predicted molar refractivity (Wildman–Crippen MR) is 48.7 cm³/mol. The van der Waals surface area contributed by atoms with Gasteiger partial charge in [0.15, 0.2) is 8.32 Å². The molecule has 1 nitrogen and oxygen atoms in total. The Morgan fingerprint density at radius 2 is 1.89 bits per heavy atom. The molecule has 0 atom stereocenters. The molecule has 56 valence electrons. The molecule has 0 saturated heterocycles. The summed E-state index contributed by atoms with van der Waals surface area (Å²) in [6, 6.07) is 1.38. The summed E-state index contributed by atoms with van der Waals surface area (Å²) in [6.07, 6.45) is 1.27. The fourth-order valence-electron chi connectivity index (χ4n) is 0.523. The summed E-state index contributed by atoms with van der Waals surface area (Å²) >= 11 is 0. The lowest BCUT2D eigenvalue weighted by Gasteiger charge is -2.16. The first-order chi connectivity index (χ1) is 4.06. The van der Waals surface area contributed by atoms with E-state index in [-0.39, 0.29) is 0 Å². The van der Waals surface area contributed by atoms with Crippen molar-refractivity contribution >= 4 is 18.6 Å². The molecule has 0 heterocycles. The maximum atomic E-state index is 5.63. The van der Waals surface area contributed by atoms with E-state index in [0.717, 1.165) is 6.61 Å². The maximum Gasteiger partial charge on any atom is 0.183 e. The zero-order valence-corrected chi connectivity index (χ0v) is 10.0. The lowest BCUT2D eigenvalue weighted by molar-refractivity contribution is 0.311. The first-order valence-corrected chi connectivity index (χ1v) is 8.52. The minimum Gasteiger partial charge on any atom is -0.418 e. The van der Waals surface area contributed by atoms with Crippen LogP contribution in [0.4, 0.5) is 0 Å². The van der Waals surface area contributed by atoms with E-state index >= 15 is 0 Å². The molecule has 0 N–H and O–H groups in total. The smallest absolute Gasteiger partial charge is 0.183 e. The monoisotopic (exact) mass is 162 g/mol. The minimum absolute atomic E-state index is 0.999. The lowest BCUT2D eigenvalue weighted by Crippen LogP contribution is -2.25. The molecule has 0 saturated carbocycles. The van der Waals surface area contributed by atoms with Crippen molar-refractivity contribution in [1.82, 2.24) is 0 Å². The molecule has 9 heavy (non-hydrogen) atoms. The van der Waals surface area contributed by atoms with Crippen molar-refractivity contribution in [2.45, 2.75) is 32.1 Å². The number of hydrogen-bond donors (Lipinski definition) is 0. The van der Waals surface area contributed by atoms with Crippen LogP contribution in [-0.2, 0) is 4.43 Å². The van der Waals surface area contributed by atoms with E-state index in [4.69, 9.17) is 4.43 Å². The molecule has 0 aromatic carbocycles. The van der Waals surface area contributed by atoms with Crippen LogP contribution in [0.5, 0.6) is 0 Å². The quantitative estimate of drug-likeness (QED) is 0.443. The summed E-state index contributed by atoms with van der Waals surface area (Å²) in [5, 5.41) is 0. The van der Waals surface area contributed by atoms with Gasteiger partial charge in [0.05, 0.1) is 0 Å². The molecular formula is C6H18OSi2. The second-order valence-corrected chi connectivity index (χ2v) is 8.83. The first kappa shape index (κ1) is 9.39. The Balaban J connectivity index is 3.07. The van der Waals surface area contributed by atoms with E-state index in [1.54, 1.807) is 0 Å². The molecule has 0 aliphatic heterocycles. The van der Waals surface area contributed by atoms with E-state index in [2.05, 4.69) is 19.6 Å². The molecule has 0 radical (unpaired) electrons. The Morgan fingerprint density at radius 1 is 1.33 bits per heavy atom. The second-order valence-electron chi connectivity index (χ2n) is 3.31. The molecule has 0 amide bonds. The third-order valence-electron chi connectivity index (χ3n) is 1.03. The van der Waals surface area contributed by atoms with Gasteiger partial charge in [-0.3, -0.25) is 0 Å². The van der Waals surface area contributed by atoms with Crippen molar-refractivity contribution in [3.05, 3.63) is 0 Å². The van der Waals surface area contributed by atoms with Gasteiger partial charge < -0.3 is 4.43 Å². The van der Waals surface area contributed by atoms with E-state index in [1.807, 2.05) is 0 Å². The summed E-state index contributed by atoms with van der Waals surface area (Å²) in [4.78, 5) is 0. The Bertz CT molecular complexity index is 67.9. The van der Waals surface area contributed by atoms with Gasteiger partial charge in [-0.15, -0.1) is 0 Å². The SMILES string of the molecule is C[Si](C)(C)OCCC[SiH3]. The van der Waals surface area contributed by atoms with Crippen LogP contribution in [0.2, 0.25) is 25.7 Å². The van der Waals surface area contributed by atoms with Gasteiger partial charge in [0.1, 0.15) is 0 Å². The van der Waals surface area contributed by atoms with E-state index < -0.39 is 8.32 Å². The summed E-state index contributed by atoms with van der Waals surface area (Å²) in [5.74, 6) is 0. The van der Waals surface area contributed by atoms with Gasteiger partial charge in [0.25, 0.3) is 0 Å². The van der Waals surface area contributed by atoms with Crippen LogP contribution in [-0.4, -0.2) is 25.2 Å². The number of rotatable bonds is 4. The van der Waals surface area contributed by atoms with Crippen LogP contribution >= 0.6 is 0 Å². The number of hydrogen-bond acceptors (Lipinski definition) is 1. The average molecular weight is 162 g/mol. The van der Waals surface area contributed by atoms with Gasteiger partial charge in [-0.1, -0.05) is 6.04 Å². The highest BCUT2D eigenvalue weighted by molar-refractivity contribution is 6.69. The van der Waals surface area contributed by atoms with Crippen LogP contribution in [0, 0.1) is 0 Å². The zero-order valence-electron chi connectivity index (χ0n) is 7.03. The lowest BCUT2D eigenvalue weighted by atomic mass is 10.5. The minimum atomic E-state index is -1.18. The fourth-order valence-corrected chi connectivity index (χ4v) is 1.57. The molecule has 0 aliphatic rings. The Labute approximate surface area is 62.4 Å². The van der Waals surface area contributed by atoms with Crippen molar-refractivity contribution in [2.24, 2.45) is 0 Å². The topological polar surface area (TPSA) is 9.23 Å². The molecule has 0 aromatic heterocycles. The summed E-state index contributed by atoms with van der Waals surface area (Å²) in [7, 11) is 0.146. The van der Waals surface area contributed by atoms with Gasteiger partial charge in [0.2, 0.25) is 0 Å². The highest BCUT2D eigenvalue weighted by Crippen LogP contribution is 2.02. The zero-order chi connectivity index (χ0) is 7.33. The highest BCUT2D eigenvalue weighted by Gasteiger charge is 2.12. The molecule has 0 bridgehead atoms. The third-order valence-corrected chi connectivity index (χ3v) is 2.81.